The van der Waals surface area contributed by atoms with E-state index in [4.69, 9.17) is 0 Å². The van der Waals surface area contributed by atoms with Crippen molar-refractivity contribution in [2.45, 2.75) is 26.3 Å². The zero-order valence-electron chi connectivity index (χ0n) is 12.9. The summed E-state index contributed by atoms with van der Waals surface area (Å²) in [5.74, 6) is 2.84. The number of benzene rings is 1. The Balaban J connectivity index is 1.63. The predicted molar refractivity (Wildman–Crippen MR) is 90.5 cm³/mol. The molecule has 0 saturated carbocycles. The Morgan fingerprint density at radius 2 is 2.19 bits per heavy atom. The van der Waals surface area contributed by atoms with Gasteiger partial charge in [-0.2, -0.15) is 11.8 Å². The Kier molecular flexibility index (Phi) is 7.10. The van der Waals surface area contributed by atoms with Crippen molar-refractivity contribution in [1.82, 2.24) is 10.2 Å². The molecule has 0 unspecified atom stereocenters. The molecule has 21 heavy (non-hydrogen) atoms. The van der Waals surface area contributed by atoms with Gasteiger partial charge in [0.25, 0.3) is 0 Å². The van der Waals surface area contributed by atoms with Gasteiger partial charge in [0, 0.05) is 31.8 Å². The first-order valence-electron chi connectivity index (χ1n) is 7.88. The second-order valence-electron chi connectivity index (χ2n) is 5.63. The van der Waals surface area contributed by atoms with E-state index < -0.39 is 0 Å². The van der Waals surface area contributed by atoms with Gasteiger partial charge >= 0.3 is 0 Å². The molecule has 1 amide bonds. The summed E-state index contributed by atoms with van der Waals surface area (Å²) >= 11 is 1.83. The lowest BCUT2D eigenvalue weighted by Gasteiger charge is -2.16. The Morgan fingerprint density at radius 1 is 1.38 bits per heavy atom. The number of rotatable bonds is 8. The normalized spacial score (nSPS) is 18.8. The minimum atomic E-state index is 0.206. The van der Waals surface area contributed by atoms with E-state index in [9.17, 15) is 4.79 Å². The summed E-state index contributed by atoms with van der Waals surface area (Å²) in [5, 5.41) is 3.09. The first-order chi connectivity index (χ1) is 10.3. The molecule has 0 aliphatic carbocycles. The highest BCUT2D eigenvalue weighted by molar-refractivity contribution is 7.99. The monoisotopic (exact) mass is 306 g/mol. The second kappa shape index (κ2) is 9.11. The minimum absolute atomic E-state index is 0.206. The van der Waals surface area contributed by atoms with Crippen molar-refractivity contribution in [1.29, 1.82) is 0 Å². The molecule has 4 heteroatoms. The van der Waals surface area contributed by atoms with Gasteiger partial charge in [0.1, 0.15) is 0 Å². The third-order valence-corrected chi connectivity index (χ3v) is 4.79. The maximum atomic E-state index is 11.7. The van der Waals surface area contributed by atoms with Crippen LogP contribution in [0, 0.1) is 5.92 Å². The summed E-state index contributed by atoms with van der Waals surface area (Å²) in [5.41, 5.74) is 1.37. The average Bonchev–Trinajstić information content (AvgIpc) is 2.94. The number of carbonyl (C=O) groups is 1. The summed E-state index contributed by atoms with van der Waals surface area (Å²) in [6, 6.07) is 10.6. The van der Waals surface area contributed by atoms with Crippen LogP contribution >= 0.6 is 11.8 Å². The van der Waals surface area contributed by atoms with Gasteiger partial charge in [0.2, 0.25) is 5.91 Å². The molecule has 1 aromatic carbocycles. The van der Waals surface area contributed by atoms with Gasteiger partial charge in [0.05, 0.1) is 0 Å². The fourth-order valence-corrected chi connectivity index (χ4v) is 3.34. The van der Waals surface area contributed by atoms with E-state index in [2.05, 4.69) is 47.5 Å². The Hall–Kier alpha value is -1.00. The van der Waals surface area contributed by atoms with Crippen molar-refractivity contribution in [2.24, 2.45) is 5.92 Å². The predicted octanol–water partition coefficient (Wildman–Crippen LogP) is 2.77. The van der Waals surface area contributed by atoms with Gasteiger partial charge in [-0.3, -0.25) is 9.69 Å². The molecule has 1 atom stereocenters. The maximum Gasteiger partial charge on any atom is 0.220 e. The second-order valence-corrected chi connectivity index (χ2v) is 7.02. The summed E-state index contributed by atoms with van der Waals surface area (Å²) < 4.78 is 0. The quantitative estimate of drug-likeness (QED) is 0.750. The van der Waals surface area contributed by atoms with Crippen LogP contribution < -0.4 is 5.32 Å². The average molecular weight is 306 g/mol. The first-order valence-corrected chi connectivity index (χ1v) is 9.04. The lowest BCUT2D eigenvalue weighted by molar-refractivity contribution is -0.120. The van der Waals surface area contributed by atoms with Gasteiger partial charge < -0.3 is 5.32 Å². The van der Waals surface area contributed by atoms with Crippen LogP contribution in [-0.2, 0) is 11.3 Å². The molecular formula is C17H26N2OS. The zero-order chi connectivity index (χ0) is 14.9. The number of carbonyl (C=O) groups excluding carboxylic acids is 1. The largest absolute Gasteiger partial charge is 0.356 e. The van der Waals surface area contributed by atoms with Crippen LogP contribution in [0.5, 0.6) is 0 Å². The molecule has 2 rings (SSSR count). The molecule has 0 aromatic heterocycles. The fraction of sp³-hybridized carbons (Fsp3) is 0.588. The van der Waals surface area contributed by atoms with Crippen molar-refractivity contribution >= 4 is 17.7 Å². The summed E-state index contributed by atoms with van der Waals surface area (Å²) in [4.78, 5) is 14.2. The van der Waals surface area contributed by atoms with Crippen molar-refractivity contribution in [3.8, 4) is 0 Å². The van der Waals surface area contributed by atoms with Crippen LogP contribution in [0.15, 0.2) is 30.3 Å². The number of amides is 1. The van der Waals surface area contributed by atoms with Gasteiger partial charge in [-0.05, 0) is 30.2 Å². The zero-order valence-corrected chi connectivity index (χ0v) is 13.7. The molecule has 0 radical (unpaired) electrons. The van der Waals surface area contributed by atoms with Crippen molar-refractivity contribution in [2.75, 3.05) is 31.1 Å². The van der Waals surface area contributed by atoms with Crippen LogP contribution in [0.2, 0.25) is 0 Å². The van der Waals surface area contributed by atoms with E-state index in [0.29, 0.717) is 12.3 Å². The Labute approximate surface area is 132 Å². The number of thioether (sulfide) groups is 1. The number of likely N-dealkylation sites (tertiary alicyclic amines) is 1. The van der Waals surface area contributed by atoms with E-state index in [0.717, 1.165) is 37.7 Å². The molecule has 1 saturated heterocycles. The van der Waals surface area contributed by atoms with Gasteiger partial charge in [-0.15, -0.1) is 0 Å². The molecule has 116 valence electrons. The summed E-state index contributed by atoms with van der Waals surface area (Å²) in [6.45, 7) is 6.22. The highest BCUT2D eigenvalue weighted by Gasteiger charge is 2.22. The standard InChI is InChI=1S/C17H26N2OS/c1-2-21-11-9-17(20)18-12-16-8-10-19(14-16)13-15-6-4-3-5-7-15/h3-7,16H,2,8-14H2,1H3,(H,18,20)/t16-/m1/s1. The lowest BCUT2D eigenvalue weighted by Crippen LogP contribution is -2.31. The SMILES string of the molecule is CCSCCC(=O)NC[C@H]1CCN(Cc2ccccc2)C1. The van der Waals surface area contributed by atoms with Gasteiger partial charge in [-0.25, -0.2) is 0 Å². The van der Waals surface area contributed by atoms with E-state index >= 15 is 0 Å². The first kappa shape index (κ1) is 16.4. The Bertz CT molecular complexity index is 424. The van der Waals surface area contributed by atoms with Crippen LogP contribution in [0.4, 0.5) is 0 Å². The van der Waals surface area contributed by atoms with Crippen LogP contribution in [0.3, 0.4) is 0 Å². The fourth-order valence-electron chi connectivity index (χ4n) is 2.72. The molecule has 1 fully saturated rings. The van der Waals surface area contributed by atoms with E-state index in [1.54, 1.807) is 0 Å². The summed E-state index contributed by atoms with van der Waals surface area (Å²) in [6.07, 6.45) is 1.84. The number of nitrogens with zero attached hydrogens (tertiary/aromatic N) is 1. The van der Waals surface area contributed by atoms with Crippen molar-refractivity contribution < 1.29 is 4.79 Å². The van der Waals surface area contributed by atoms with E-state index in [-0.39, 0.29) is 5.91 Å². The molecule has 3 nitrogen and oxygen atoms in total. The molecule has 1 N–H and O–H groups in total. The molecule has 1 aliphatic heterocycles. The smallest absolute Gasteiger partial charge is 0.220 e. The summed E-state index contributed by atoms with van der Waals surface area (Å²) in [7, 11) is 0. The van der Waals surface area contributed by atoms with Crippen molar-refractivity contribution in [3.63, 3.8) is 0 Å². The van der Waals surface area contributed by atoms with E-state index in [1.807, 2.05) is 11.8 Å². The number of hydrogen-bond acceptors (Lipinski definition) is 3. The molecular weight excluding hydrogens is 280 g/mol. The lowest BCUT2D eigenvalue weighted by atomic mass is 10.1. The molecule has 1 aliphatic rings. The van der Waals surface area contributed by atoms with Gasteiger partial charge in [0.15, 0.2) is 0 Å². The molecule has 1 heterocycles. The molecule has 0 spiro atoms. The highest BCUT2D eigenvalue weighted by atomic mass is 32.2. The van der Waals surface area contributed by atoms with Crippen molar-refractivity contribution in [3.05, 3.63) is 35.9 Å². The minimum Gasteiger partial charge on any atom is -0.356 e. The number of hydrogen-bond donors (Lipinski definition) is 1. The molecule has 0 bridgehead atoms. The van der Waals surface area contributed by atoms with E-state index in [1.165, 1.54) is 12.0 Å². The molecule has 1 aromatic rings. The number of nitrogens with one attached hydrogen (secondary N) is 1. The van der Waals surface area contributed by atoms with Crippen LogP contribution in [0.1, 0.15) is 25.3 Å². The third kappa shape index (κ3) is 6.10. The van der Waals surface area contributed by atoms with Crippen LogP contribution in [0.25, 0.3) is 0 Å². The van der Waals surface area contributed by atoms with Gasteiger partial charge in [-0.1, -0.05) is 37.3 Å². The Morgan fingerprint density at radius 3 is 2.95 bits per heavy atom. The van der Waals surface area contributed by atoms with Crippen LogP contribution in [-0.4, -0.2) is 41.9 Å². The third-order valence-electron chi connectivity index (χ3n) is 3.88. The highest BCUT2D eigenvalue weighted by Crippen LogP contribution is 2.18. The maximum absolute atomic E-state index is 11.7. The topological polar surface area (TPSA) is 32.3 Å².